The van der Waals surface area contributed by atoms with Gasteiger partial charge in [0.05, 0.1) is 0 Å². The summed E-state index contributed by atoms with van der Waals surface area (Å²) in [6.45, 7) is 0.515. The van der Waals surface area contributed by atoms with Gasteiger partial charge in [-0.1, -0.05) is 72.8 Å². The molecule has 0 amide bonds. The number of aliphatic carboxylic acids is 1. The van der Waals surface area contributed by atoms with E-state index < -0.39 is 12.0 Å². The molecule has 0 spiro atoms. The van der Waals surface area contributed by atoms with E-state index in [2.05, 4.69) is 5.32 Å². The first kappa shape index (κ1) is 14.3. The van der Waals surface area contributed by atoms with Crippen molar-refractivity contribution in [1.82, 2.24) is 5.32 Å². The maximum absolute atomic E-state index is 11.7. The number of hydrogen-bond donors (Lipinski definition) is 2. The van der Waals surface area contributed by atoms with Gasteiger partial charge in [0, 0.05) is 6.54 Å². The van der Waals surface area contributed by atoms with Crippen LogP contribution in [0.4, 0.5) is 0 Å². The Kier molecular flexibility index (Phi) is 4.17. The van der Waals surface area contributed by atoms with Crippen LogP contribution in [0.1, 0.15) is 17.2 Å². The Morgan fingerprint density at radius 1 is 0.909 bits per heavy atom. The zero-order chi connectivity index (χ0) is 15.4. The molecular formula is C19H17NO2. The lowest BCUT2D eigenvalue weighted by Crippen LogP contribution is -2.28. The predicted molar refractivity (Wildman–Crippen MR) is 87.6 cm³/mol. The smallest absolute Gasteiger partial charge is 0.325 e. The molecule has 0 aromatic heterocycles. The van der Waals surface area contributed by atoms with Crippen molar-refractivity contribution >= 4 is 16.7 Å². The molecular weight excluding hydrogens is 274 g/mol. The fraction of sp³-hybridized carbons (Fsp3) is 0.105. The minimum atomic E-state index is -0.868. The Bertz CT molecular complexity index is 778. The fourth-order valence-electron chi connectivity index (χ4n) is 2.65. The molecule has 0 aliphatic carbocycles. The van der Waals surface area contributed by atoms with Crippen LogP contribution in [-0.2, 0) is 11.3 Å². The normalized spacial score (nSPS) is 12.2. The number of fused-ring (bicyclic) bond motifs is 1. The van der Waals surface area contributed by atoms with Crippen molar-refractivity contribution < 1.29 is 9.90 Å². The Labute approximate surface area is 129 Å². The first-order chi connectivity index (χ1) is 10.8. The first-order valence-electron chi connectivity index (χ1n) is 7.23. The third-order valence-corrected chi connectivity index (χ3v) is 3.73. The van der Waals surface area contributed by atoms with Gasteiger partial charge in [0.25, 0.3) is 0 Å². The van der Waals surface area contributed by atoms with Crippen molar-refractivity contribution in [3.8, 4) is 0 Å². The van der Waals surface area contributed by atoms with Gasteiger partial charge in [-0.3, -0.25) is 10.1 Å². The third-order valence-electron chi connectivity index (χ3n) is 3.73. The van der Waals surface area contributed by atoms with E-state index in [0.717, 1.165) is 21.9 Å². The number of benzene rings is 3. The summed E-state index contributed by atoms with van der Waals surface area (Å²) in [4.78, 5) is 11.7. The van der Waals surface area contributed by atoms with Crippen LogP contribution in [0.2, 0.25) is 0 Å². The van der Waals surface area contributed by atoms with Crippen LogP contribution in [0.25, 0.3) is 10.8 Å². The van der Waals surface area contributed by atoms with E-state index >= 15 is 0 Å². The zero-order valence-corrected chi connectivity index (χ0v) is 12.1. The van der Waals surface area contributed by atoms with Crippen molar-refractivity contribution in [2.24, 2.45) is 0 Å². The van der Waals surface area contributed by atoms with E-state index in [1.165, 1.54) is 0 Å². The van der Waals surface area contributed by atoms with Crippen molar-refractivity contribution in [2.75, 3.05) is 0 Å². The summed E-state index contributed by atoms with van der Waals surface area (Å²) in [5, 5.41) is 14.8. The lowest BCUT2D eigenvalue weighted by Gasteiger charge is -2.17. The number of carboxylic acid groups (broad SMARTS) is 1. The van der Waals surface area contributed by atoms with Crippen LogP contribution >= 0.6 is 0 Å². The summed E-state index contributed by atoms with van der Waals surface area (Å²) in [6, 6.07) is 22.7. The molecule has 0 radical (unpaired) electrons. The number of hydrogen-bond acceptors (Lipinski definition) is 2. The first-order valence-corrected chi connectivity index (χ1v) is 7.23. The minimum absolute atomic E-state index is 0.515. The average molecular weight is 291 g/mol. The van der Waals surface area contributed by atoms with E-state index in [9.17, 15) is 9.90 Å². The largest absolute Gasteiger partial charge is 0.480 e. The summed E-state index contributed by atoms with van der Waals surface area (Å²) in [7, 11) is 0. The van der Waals surface area contributed by atoms with Gasteiger partial charge >= 0.3 is 5.97 Å². The summed E-state index contributed by atoms with van der Waals surface area (Å²) >= 11 is 0. The highest BCUT2D eigenvalue weighted by Crippen LogP contribution is 2.24. The quantitative estimate of drug-likeness (QED) is 0.752. The van der Waals surface area contributed by atoms with Crippen molar-refractivity contribution in [3.63, 3.8) is 0 Å². The van der Waals surface area contributed by atoms with Crippen molar-refractivity contribution in [2.45, 2.75) is 12.6 Å². The molecule has 0 fully saturated rings. The topological polar surface area (TPSA) is 49.3 Å². The molecule has 0 saturated heterocycles. The van der Waals surface area contributed by atoms with Crippen LogP contribution in [0.3, 0.4) is 0 Å². The molecule has 110 valence electrons. The fourth-order valence-corrected chi connectivity index (χ4v) is 2.65. The maximum atomic E-state index is 11.7. The van der Waals surface area contributed by atoms with Crippen LogP contribution in [-0.4, -0.2) is 11.1 Å². The van der Waals surface area contributed by atoms with Crippen molar-refractivity contribution in [1.29, 1.82) is 0 Å². The molecule has 0 bridgehead atoms. The van der Waals surface area contributed by atoms with Crippen LogP contribution < -0.4 is 5.32 Å². The monoisotopic (exact) mass is 291 g/mol. The Balaban J connectivity index is 1.92. The molecule has 2 N–H and O–H groups in total. The predicted octanol–water partition coefficient (Wildman–Crippen LogP) is 3.76. The molecule has 3 aromatic carbocycles. The van der Waals surface area contributed by atoms with E-state index in [-0.39, 0.29) is 0 Å². The number of carboxylic acids is 1. The summed E-state index contributed by atoms with van der Waals surface area (Å²) < 4.78 is 0. The van der Waals surface area contributed by atoms with Gasteiger partial charge in [-0.2, -0.15) is 0 Å². The molecule has 0 saturated carbocycles. The van der Waals surface area contributed by atoms with E-state index in [1.807, 2.05) is 72.8 Å². The highest BCUT2D eigenvalue weighted by molar-refractivity contribution is 5.90. The second kappa shape index (κ2) is 6.41. The number of carbonyl (C=O) groups is 1. The molecule has 3 rings (SSSR count). The van der Waals surface area contributed by atoms with Gasteiger partial charge in [-0.15, -0.1) is 0 Å². The summed E-state index contributed by atoms with van der Waals surface area (Å²) in [5.41, 5.74) is 1.86. The van der Waals surface area contributed by atoms with E-state index in [1.54, 1.807) is 0 Å². The molecule has 0 aliphatic heterocycles. The maximum Gasteiger partial charge on any atom is 0.325 e. The van der Waals surface area contributed by atoms with Gasteiger partial charge in [-0.05, 0) is 21.9 Å². The molecule has 3 nitrogen and oxygen atoms in total. The second-order valence-corrected chi connectivity index (χ2v) is 5.21. The second-order valence-electron chi connectivity index (χ2n) is 5.21. The van der Waals surface area contributed by atoms with Gasteiger partial charge in [0.1, 0.15) is 6.04 Å². The zero-order valence-electron chi connectivity index (χ0n) is 12.1. The Morgan fingerprint density at radius 2 is 1.59 bits per heavy atom. The lowest BCUT2D eigenvalue weighted by atomic mass is 9.98. The van der Waals surface area contributed by atoms with Gasteiger partial charge in [0.15, 0.2) is 0 Å². The molecule has 3 heteroatoms. The highest BCUT2D eigenvalue weighted by Gasteiger charge is 2.21. The molecule has 0 aliphatic rings. The average Bonchev–Trinajstić information content (AvgIpc) is 2.56. The molecule has 0 heterocycles. The molecule has 1 unspecified atom stereocenters. The highest BCUT2D eigenvalue weighted by atomic mass is 16.4. The third kappa shape index (κ3) is 3.00. The Morgan fingerprint density at radius 3 is 2.36 bits per heavy atom. The molecule has 22 heavy (non-hydrogen) atoms. The van der Waals surface area contributed by atoms with Crippen LogP contribution in [0.5, 0.6) is 0 Å². The van der Waals surface area contributed by atoms with E-state index in [4.69, 9.17) is 0 Å². The molecule has 1 atom stereocenters. The summed E-state index contributed by atoms with van der Waals surface area (Å²) in [5.74, 6) is -0.868. The summed E-state index contributed by atoms with van der Waals surface area (Å²) in [6.07, 6.45) is 0. The van der Waals surface area contributed by atoms with Crippen molar-refractivity contribution in [3.05, 3.63) is 83.9 Å². The molecule has 3 aromatic rings. The van der Waals surface area contributed by atoms with Crippen LogP contribution in [0.15, 0.2) is 72.8 Å². The van der Waals surface area contributed by atoms with Crippen LogP contribution in [0, 0.1) is 0 Å². The SMILES string of the molecule is O=C(O)C(NCc1ccccc1)c1cccc2ccccc12. The number of rotatable bonds is 5. The Hall–Kier alpha value is -2.65. The van der Waals surface area contributed by atoms with Gasteiger partial charge in [-0.25, -0.2) is 0 Å². The number of nitrogens with one attached hydrogen (secondary N) is 1. The van der Waals surface area contributed by atoms with Gasteiger partial charge in [0.2, 0.25) is 0 Å². The lowest BCUT2D eigenvalue weighted by molar-refractivity contribution is -0.139. The van der Waals surface area contributed by atoms with E-state index in [0.29, 0.717) is 6.54 Å². The van der Waals surface area contributed by atoms with Gasteiger partial charge < -0.3 is 5.11 Å². The standard InChI is InChI=1S/C19H17NO2/c21-19(22)18(20-13-14-7-2-1-3-8-14)17-12-6-10-15-9-4-5-11-16(15)17/h1-12,18,20H,13H2,(H,21,22). The minimum Gasteiger partial charge on any atom is -0.480 e.